The van der Waals surface area contributed by atoms with Gasteiger partial charge in [-0.1, -0.05) is 24.3 Å². The second-order valence-corrected chi connectivity index (χ2v) is 8.16. The molecular formula is C24H23F3N4O4. The first-order valence-electron chi connectivity index (χ1n) is 10.8. The number of nitrogens with one attached hydrogen (secondary N) is 1. The van der Waals surface area contributed by atoms with Gasteiger partial charge in [0.25, 0.3) is 5.91 Å². The van der Waals surface area contributed by atoms with Gasteiger partial charge in [0.15, 0.2) is 5.69 Å². The van der Waals surface area contributed by atoms with Crippen molar-refractivity contribution in [3.8, 4) is 5.75 Å². The monoisotopic (exact) mass is 488 g/mol. The van der Waals surface area contributed by atoms with Crippen LogP contribution in [0.15, 0.2) is 48.5 Å². The van der Waals surface area contributed by atoms with Crippen molar-refractivity contribution in [1.82, 2.24) is 15.1 Å². The van der Waals surface area contributed by atoms with Gasteiger partial charge in [-0.2, -0.15) is 18.3 Å². The number of hydrogen-bond acceptors (Lipinski definition) is 6. The molecule has 184 valence electrons. The van der Waals surface area contributed by atoms with Crippen molar-refractivity contribution in [3.05, 3.63) is 76.5 Å². The number of nitrogens with zero attached hydrogens (tertiary/aromatic N) is 3. The molecule has 2 N–H and O–H groups in total. The van der Waals surface area contributed by atoms with Crippen LogP contribution in [-0.4, -0.2) is 40.4 Å². The lowest BCUT2D eigenvalue weighted by atomic mass is 10.1. The molecule has 8 nitrogen and oxygen atoms in total. The van der Waals surface area contributed by atoms with Gasteiger partial charge in [0.1, 0.15) is 17.1 Å². The third-order valence-electron chi connectivity index (χ3n) is 5.79. The third kappa shape index (κ3) is 4.93. The van der Waals surface area contributed by atoms with Crippen LogP contribution in [0.4, 0.5) is 19.0 Å². The van der Waals surface area contributed by atoms with Gasteiger partial charge in [-0.15, -0.1) is 0 Å². The van der Waals surface area contributed by atoms with Gasteiger partial charge in [0.2, 0.25) is 0 Å². The Hall–Kier alpha value is -4.02. The van der Waals surface area contributed by atoms with Gasteiger partial charge in [-0.25, -0.2) is 9.48 Å². The zero-order valence-electron chi connectivity index (χ0n) is 19.0. The van der Waals surface area contributed by atoms with Gasteiger partial charge < -0.3 is 20.1 Å². The maximum atomic E-state index is 13.8. The minimum Gasteiger partial charge on any atom is -0.508 e. The minimum atomic E-state index is -4.82. The summed E-state index contributed by atoms with van der Waals surface area (Å²) in [6.07, 6.45) is -4.82. The molecule has 35 heavy (non-hydrogen) atoms. The van der Waals surface area contributed by atoms with Crippen LogP contribution in [0.3, 0.4) is 0 Å². The van der Waals surface area contributed by atoms with E-state index < -0.39 is 35.4 Å². The van der Waals surface area contributed by atoms with Crippen molar-refractivity contribution in [2.45, 2.75) is 32.2 Å². The smallest absolute Gasteiger partial charge is 0.436 e. The summed E-state index contributed by atoms with van der Waals surface area (Å²) in [5, 5.41) is 15.8. The Morgan fingerprint density at radius 3 is 2.37 bits per heavy atom. The number of methoxy groups -OCH3 is 1. The molecule has 1 amide bonds. The van der Waals surface area contributed by atoms with E-state index in [2.05, 4.69) is 15.2 Å². The molecule has 1 atom stereocenters. The highest BCUT2D eigenvalue weighted by molar-refractivity contribution is 6.01. The number of carbonyl (C=O) groups is 2. The summed E-state index contributed by atoms with van der Waals surface area (Å²) in [6.45, 7) is 2.46. The Bertz CT molecular complexity index is 1240. The van der Waals surface area contributed by atoms with Crippen LogP contribution in [0, 0.1) is 0 Å². The zero-order chi connectivity index (χ0) is 25.3. The molecule has 4 rings (SSSR count). The lowest BCUT2D eigenvalue weighted by molar-refractivity contribution is -0.141. The number of benzene rings is 2. The van der Waals surface area contributed by atoms with Gasteiger partial charge in [0, 0.05) is 13.1 Å². The Kier molecular flexibility index (Phi) is 6.42. The average molecular weight is 488 g/mol. The first kappa shape index (κ1) is 24.1. The van der Waals surface area contributed by atoms with E-state index in [4.69, 9.17) is 0 Å². The number of alkyl halides is 3. The number of anilines is 1. The van der Waals surface area contributed by atoms with Crippen LogP contribution >= 0.6 is 0 Å². The number of rotatable bonds is 6. The number of esters is 1. The van der Waals surface area contributed by atoms with E-state index in [1.807, 2.05) is 0 Å². The van der Waals surface area contributed by atoms with Crippen LogP contribution in [0.5, 0.6) is 5.75 Å². The summed E-state index contributed by atoms with van der Waals surface area (Å²) in [4.78, 5) is 26.5. The van der Waals surface area contributed by atoms with Crippen molar-refractivity contribution in [2.75, 3.05) is 18.6 Å². The number of phenols is 1. The van der Waals surface area contributed by atoms with Crippen molar-refractivity contribution in [2.24, 2.45) is 0 Å². The quantitative estimate of drug-likeness (QED) is 0.511. The topological polar surface area (TPSA) is 96.7 Å². The highest BCUT2D eigenvalue weighted by atomic mass is 19.4. The summed E-state index contributed by atoms with van der Waals surface area (Å²) in [5.74, 6) is -1.25. The van der Waals surface area contributed by atoms with E-state index in [1.54, 1.807) is 36.1 Å². The highest BCUT2D eigenvalue weighted by Gasteiger charge is 2.44. The molecule has 1 aliphatic heterocycles. The second kappa shape index (κ2) is 9.32. The number of carbonyl (C=O) groups excluding carboxylic acids is 2. The van der Waals surface area contributed by atoms with Crippen molar-refractivity contribution in [3.63, 3.8) is 0 Å². The molecule has 2 heterocycles. The lowest BCUT2D eigenvalue weighted by Crippen LogP contribution is -2.31. The summed E-state index contributed by atoms with van der Waals surface area (Å²) in [6, 6.07) is 11.9. The molecular weight excluding hydrogens is 465 g/mol. The number of halogens is 3. The van der Waals surface area contributed by atoms with E-state index in [-0.39, 0.29) is 24.7 Å². The molecule has 0 bridgehead atoms. The van der Waals surface area contributed by atoms with Gasteiger partial charge in [-0.3, -0.25) is 4.79 Å². The van der Waals surface area contributed by atoms with E-state index >= 15 is 0 Å². The second-order valence-electron chi connectivity index (χ2n) is 8.16. The summed E-state index contributed by atoms with van der Waals surface area (Å²) < 4.78 is 47.3. The van der Waals surface area contributed by atoms with E-state index in [1.165, 1.54) is 36.1 Å². The number of aromatic hydroxyl groups is 1. The number of fused-ring (bicyclic) bond motifs is 1. The molecule has 0 spiro atoms. The number of phenolic OH excluding ortho intramolecular Hbond substituents is 1. The zero-order valence-corrected chi connectivity index (χ0v) is 19.0. The molecule has 1 aliphatic rings. The highest BCUT2D eigenvalue weighted by Crippen LogP contribution is 2.38. The van der Waals surface area contributed by atoms with Crippen molar-refractivity contribution >= 4 is 17.7 Å². The molecule has 0 saturated heterocycles. The van der Waals surface area contributed by atoms with Gasteiger partial charge in [-0.05, 0) is 42.3 Å². The number of ether oxygens (including phenoxy) is 1. The Morgan fingerprint density at radius 2 is 1.77 bits per heavy atom. The minimum absolute atomic E-state index is 0.0771. The maximum Gasteiger partial charge on any atom is 0.436 e. The predicted octanol–water partition coefficient (Wildman–Crippen LogP) is 3.91. The first-order valence-corrected chi connectivity index (χ1v) is 10.8. The third-order valence-corrected chi connectivity index (χ3v) is 5.79. The van der Waals surface area contributed by atoms with Crippen LogP contribution < -0.4 is 10.2 Å². The predicted molar refractivity (Wildman–Crippen MR) is 120 cm³/mol. The Morgan fingerprint density at radius 1 is 1.11 bits per heavy atom. The number of hydrogen-bond donors (Lipinski definition) is 2. The average Bonchev–Trinajstić information content (AvgIpc) is 3.40. The fourth-order valence-corrected chi connectivity index (χ4v) is 4.01. The molecule has 0 radical (unpaired) electrons. The van der Waals surface area contributed by atoms with Crippen LogP contribution in [0.2, 0.25) is 0 Å². The Balaban J connectivity index is 1.62. The molecule has 11 heteroatoms. The van der Waals surface area contributed by atoms with Crippen molar-refractivity contribution < 1.29 is 32.6 Å². The molecule has 0 fully saturated rings. The summed E-state index contributed by atoms with van der Waals surface area (Å²) >= 11 is 0. The fourth-order valence-electron chi connectivity index (χ4n) is 4.01. The first-order chi connectivity index (χ1) is 16.6. The van der Waals surface area contributed by atoms with Gasteiger partial charge >= 0.3 is 12.1 Å². The standard InChI is InChI=1S/C24H23F3N4O4/c1-14(16-5-7-17(8-6-16)23(34)35-2)28-21(33)19-20(24(25,26)27)29-31-12-11-30(22(19)31)13-15-3-9-18(32)10-4-15/h3-10,14,32H,11-13H2,1-2H3,(H,28,33)/t14-/m0/s1. The summed E-state index contributed by atoms with van der Waals surface area (Å²) in [5.41, 5.74) is -0.102. The fraction of sp³-hybridized carbons (Fsp3) is 0.292. The maximum absolute atomic E-state index is 13.8. The van der Waals surface area contributed by atoms with E-state index in [9.17, 15) is 27.9 Å². The number of amides is 1. The molecule has 1 aromatic heterocycles. The van der Waals surface area contributed by atoms with Crippen LogP contribution in [0.1, 0.15) is 50.5 Å². The lowest BCUT2D eigenvalue weighted by Gasteiger charge is -2.21. The summed E-state index contributed by atoms with van der Waals surface area (Å²) in [7, 11) is 1.26. The Labute approximate surface area is 198 Å². The van der Waals surface area contributed by atoms with E-state index in [0.717, 1.165) is 5.56 Å². The van der Waals surface area contributed by atoms with Gasteiger partial charge in [0.05, 0.1) is 25.3 Å². The molecule has 0 saturated carbocycles. The normalized spacial score (nSPS) is 13.9. The number of aromatic nitrogens is 2. The molecule has 0 aliphatic carbocycles. The largest absolute Gasteiger partial charge is 0.508 e. The molecule has 3 aromatic rings. The molecule has 0 unspecified atom stereocenters. The van der Waals surface area contributed by atoms with Crippen LogP contribution in [0.25, 0.3) is 0 Å². The van der Waals surface area contributed by atoms with Crippen LogP contribution in [-0.2, 0) is 24.0 Å². The van der Waals surface area contributed by atoms with Crippen molar-refractivity contribution in [1.29, 1.82) is 0 Å². The van der Waals surface area contributed by atoms with E-state index in [0.29, 0.717) is 17.7 Å². The SMILES string of the molecule is COC(=O)c1ccc([C@H](C)NC(=O)c2c(C(F)(F)F)nn3c2N(Cc2ccc(O)cc2)CC3)cc1. The molecule has 2 aromatic carbocycles.